The number of benzene rings is 2. The van der Waals surface area contributed by atoms with Gasteiger partial charge in [-0.25, -0.2) is 4.68 Å². The van der Waals surface area contributed by atoms with Gasteiger partial charge in [0.2, 0.25) is 0 Å². The predicted octanol–water partition coefficient (Wildman–Crippen LogP) is 3.88. The molecule has 0 radical (unpaired) electrons. The van der Waals surface area contributed by atoms with Gasteiger partial charge in [-0.15, -0.1) is 0 Å². The number of halogens is 1. The highest BCUT2D eigenvalue weighted by Gasteiger charge is 2.24. The number of nitro benzene ring substituents is 1. The minimum absolute atomic E-state index is 0.0402. The van der Waals surface area contributed by atoms with Crippen molar-refractivity contribution < 1.29 is 4.92 Å². The van der Waals surface area contributed by atoms with E-state index >= 15 is 0 Å². The van der Waals surface area contributed by atoms with Gasteiger partial charge in [-0.1, -0.05) is 41.9 Å². The lowest BCUT2D eigenvalue weighted by Gasteiger charge is -2.35. The van der Waals surface area contributed by atoms with Gasteiger partial charge in [0.1, 0.15) is 11.5 Å². The van der Waals surface area contributed by atoms with E-state index < -0.39 is 0 Å². The molecule has 31 heavy (non-hydrogen) atoms. The van der Waals surface area contributed by atoms with Crippen LogP contribution in [0.2, 0.25) is 5.02 Å². The summed E-state index contributed by atoms with van der Waals surface area (Å²) in [5.74, 6) is 0.923. The molecular formula is C21H23ClN6O2S. The maximum absolute atomic E-state index is 11.4. The number of piperazine rings is 1. The molecule has 1 saturated heterocycles. The fraction of sp³-hybridized carbons (Fsp3) is 0.333. The van der Waals surface area contributed by atoms with Crippen LogP contribution in [0.4, 0.5) is 11.4 Å². The number of nitrogens with zero attached hydrogens (tertiary/aromatic N) is 6. The van der Waals surface area contributed by atoms with Crippen molar-refractivity contribution in [3.8, 4) is 0 Å². The topological polar surface area (TPSA) is 72.4 Å². The summed E-state index contributed by atoms with van der Waals surface area (Å²) in [5.41, 5.74) is 1.84. The Balaban J connectivity index is 1.42. The minimum Gasteiger partial charge on any atom is -0.363 e. The third kappa shape index (κ3) is 4.79. The van der Waals surface area contributed by atoms with Crippen molar-refractivity contribution in [3.63, 3.8) is 0 Å². The Hall–Kier alpha value is -2.75. The number of anilines is 1. The second-order valence-corrected chi connectivity index (χ2v) is 8.36. The normalized spacial score (nSPS) is 14.7. The van der Waals surface area contributed by atoms with Crippen molar-refractivity contribution in [1.82, 2.24) is 19.2 Å². The molecule has 0 bridgehead atoms. The van der Waals surface area contributed by atoms with Gasteiger partial charge in [0.05, 0.1) is 11.6 Å². The van der Waals surface area contributed by atoms with E-state index in [1.54, 1.807) is 12.1 Å². The Morgan fingerprint density at radius 3 is 2.52 bits per heavy atom. The van der Waals surface area contributed by atoms with Crippen molar-refractivity contribution in [3.05, 3.63) is 79.8 Å². The smallest absolute Gasteiger partial charge is 0.294 e. The van der Waals surface area contributed by atoms with Gasteiger partial charge < -0.3 is 9.47 Å². The zero-order valence-electron chi connectivity index (χ0n) is 17.1. The second kappa shape index (κ2) is 9.17. The molecule has 1 fully saturated rings. The van der Waals surface area contributed by atoms with Crippen LogP contribution in [0.3, 0.4) is 0 Å². The van der Waals surface area contributed by atoms with Crippen molar-refractivity contribution in [1.29, 1.82) is 0 Å². The fourth-order valence-corrected chi connectivity index (χ4v) is 4.16. The Bertz CT molecular complexity index is 1140. The van der Waals surface area contributed by atoms with Crippen LogP contribution in [0.1, 0.15) is 11.4 Å². The summed E-state index contributed by atoms with van der Waals surface area (Å²) < 4.78 is 4.49. The zero-order valence-corrected chi connectivity index (χ0v) is 18.7. The third-order valence-electron chi connectivity index (χ3n) is 5.52. The SMILES string of the molecule is Cn1c(Cc2ccccc2)nn(CN2CCN(c3ccc(Cl)cc3[N+](=O)[O-])CC2)c1=S. The number of hydrogen-bond donors (Lipinski definition) is 0. The highest BCUT2D eigenvalue weighted by Crippen LogP contribution is 2.31. The highest BCUT2D eigenvalue weighted by atomic mass is 35.5. The lowest BCUT2D eigenvalue weighted by molar-refractivity contribution is -0.384. The van der Waals surface area contributed by atoms with Gasteiger partial charge in [-0.05, 0) is 29.9 Å². The number of aromatic nitrogens is 3. The molecular weight excluding hydrogens is 436 g/mol. The number of hydrogen-bond acceptors (Lipinski definition) is 6. The number of nitro groups is 1. The van der Waals surface area contributed by atoms with Gasteiger partial charge in [0, 0.05) is 50.7 Å². The predicted molar refractivity (Wildman–Crippen MR) is 123 cm³/mol. The van der Waals surface area contributed by atoms with Crippen LogP contribution in [0, 0.1) is 14.9 Å². The lowest BCUT2D eigenvalue weighted by Crippen LogP contribution is -2.47. The van der Waals surface area contributed by atoms with Crippen molar-refractivity contribution in [2.75, 3.05) is 31.1 Å². The first-order valence-electron chi connectivity index (χ1n) is 10.0. The quantitative estimate of drug-likeness (QED) is 0.317. The monoisotopic (exact) mass is 458 g/mol. The molecule has 2 heterocycles. The fourth-order valence-electron chi connectivity index (χ4n) is 3.79. The molecule has 1 aliphatic rings. The van der Waals surface area contributed by atoms with Crippen LogP contribution in [-0.4, -0.2) is 50.3 Å². The van der Waals surface area contributed by atoms with Gasteiger partial charge >= 0.3 is 0 Å². The molecule has 0 amide bonds. The average Bonchev–Trinajstić information content (AvgIpc) is 3.03. The molecule has 0 aliphatic carbocycles. The Morgan fingerprint density at radius 2 is 1.84 bits per heavy atom. The molecule has 3 aromatic rings. The van der Waals surface area contributed by atoms with E-state index in [4.69, 9.17) is 28.9 Å². The van der Waals surface area contributed by atoms with Crippen LogP contribution < -0.4 is 4.90 Å². The van der Waals surface area contributed by atoms with Crippen molar-refractivity contribution in [2.24, 2.45) is 7.05 Å². The average molecular weight is 459 g/mol. The maximum Gasteiger partial charge on any atom is 0.294 e. The molecule has 0 atom stereocenters. The largest absolute Gasteiger partial charge is 0.363 e. The molecule has 0 spiro atoms. The van der Waals surface area contributed by atoms with Crippen LogP contribution in [0.25, 0.3) is 0 Å². The molecule has 10 heteroatoms. The van der Waals surface area contributed by atoms with Gasteiger partial charge in [0.25, 0.3) is 5.69 Å². The highest BCUT2D eigenvalue weighted by molar-refractivity contribution is 7.71. The summed E-state index contributed by atoms with van der Waals surface area (Å²) in [4.78, 5) is 15.3. The van der Waals surface area contributed by atoms with E-state index in [1.807, 2.05) is 39.4 Å². The van der Waals surface area contributed by atoms with E-state index in [-0.39, 0.29) is 10.6 Å². The molecule has 162 valence electrons. The zero-order chi connectivity index (χ0) is 22.0. The molecule has 1 aliphatic heterocycles. The minimum atomic E-state index is -0.380. The van der Waals surface area contributed by atoms with Crippen LogP contribution in [0.5, 0.6) is 0 Å². The molecule has 2 aromatic carbocycles. The molecule has 0 N–H and O–H groups in total. The molecule has 0 saturated carbocycles. The molecule has 4 rings (SSSR count). The summed E-state index contributed by atoms with van der Waals surface area (Å²) in [7, 11) is 1.95. The van der Waals surface area contributed by atoms with E-state index in [0.29, 0.717) is 35.2 Å². The Labute approximate surface area is 190 Å². The number of rotatable bonds is 6. The molecule has 0 unspecified atom stereocenters. The summed E-state index contributed by atoms with van der Waals surface area (Å²) in [6, 6.07) is 15.0. The molecule has 8 nitrogen and oxygen atoms in total. The standard InChI is InChI=1S/C21H23ClN6O2S/c1-24-20(13-16-5-3-2-4-6-16)23-27(21(24)31)15-25-9-11-26(12-10-25)18-8-7-17(22)14-19(18)28(29)30/h2-8,14H,9-13,15H2,1H3. The van der Waals surface area contributed by atoms with Gasteiger partial charge in [0.15, 0.2) is 4.77 Å². The maximum atomic E-state index is 11.4. The summed E-state index contributed by atoms with van der Waals surface area (Å²) in [5, 5.41) is 16.5. The first-order chi connectivity index (χ1) is 14.9. The second-order valence-electron chi connectivity index (χ2n) is 7.56. The van der Waals surface area contributed by atoms with Crippen LogP contribution in [0.15, 0.2) is 48.5 Å². The first-order valence-corrected chi connectivity index (χ1v) is 10.8. The van der Waals surface area contributed by atoms with E-state index in [0.717, 1.165) is 25.3 Å². The lowest BCUT2D eigenvalue weighted by atomic mass is 10.1. The van der Waals surface area contributed by atoms with Crippen molar-refractivity contribution in [2.45, 2.75) is 13.1 Å². The summed E-state index contributed by atoms with van der Waals surface area (Å²) >= 11 is 11.5. The Kier molecular flexibility index (Phi) is 6.35. The van der Waals surface area contributed by atoms with E-state index in [1.165, 1.54) is 11.6 Å². The van der Waals surface area contributed by atoms with E-state index in [9.17, 15) is 10.1 Å². The van der Waals surface area contributed by atoms with Crippen LogP contribution >= 0.6 is 23.8 Å². The summed E-state index contributed by atoms with van der Waals surface area (Å²) in [6.07, 6.45) is 0.724. The third-order valence-corrected chi connectivity index (χ3v) is 6.24. The van der Waals surface area contributed by atoms with Gasteiger partial charge in [-0.3, -0.25) is 15.0 Å². The van der Waals surface area contributed by atoms with E-state index in [2.05, 4.69) is 17.0 Å². The van der Waals surface area contributed by atoms with Crippen molar-refractivity contribution >= 4 is 35.2 Å². The Morgan fingerprint density at radius 1 is 1.13 bits per heavy atom. The molecule has 1 aromatic heterocycles. The van der Waals surface area contributed by atoms with Gasteiger partial charge in [-0.2, -0.15) is 5.10 Å². The first kappa shape index (κ1) is 21.5. The summed E-state index contributed by atoms with van der Waals surface area (Å²) in [6.45, 7) is 3.47. The van der Waals surface area contributed by atoms with Crippen LogP contribution in [-0.2, 0) is 20.1 Å².